The van der Waals surface area contributed by atoms with Crippen LogP contribution in [0.4, 0.5) is 0 Å². The molecule has 0 aromatic rings. The van der Waals surface area contributed by atoms with Crippen molar-refractivity contribution in [3.63, 3.8) is 0 Å². The summed E-state index contributed by atoms with van der Waals surface area (Å²) in [7, 11) is 0. The molecule has 0 saturated heterocycles. The van der Waals surface area contributed by atoms with Crippen molar-refractivity contribution in [3.05, 3.63) is 12.3 Å². The summed E-state index contributed by atoms with van der Waals surface area (Å²) in [6.07, 6.45) is 3.57. The van der Waals surface area contributed by atoms with Crippen LogP contribution >= 0.6 is 0 Å². The summed E-state index contributed by atoms with van der Waals surface area (Å²) in [5.41, 5.74) is 0. The summed E-state index contributed by atoms with van der Waals surface area (Å²) in [6, 6.07) is 0. The molecule has 2 heteroatoms. The van der Waals surface area contributed by atoms with Crippen molar-refractivity contribution in [2.24, 2.45) is 0 Å². The summed E-state index contributed by atoms with van der Waals surface area (Å²) < 4.78 is 5.01. The molecule has 0 heterocycles. The van der Waals surface area contributed by atoms with Gasteiger partial charge in [0.05, 0.1) is 6.26 Å². The standard InChI is InChI=1S/C5H11BO/c1-4-5-7-6(2)3/h4-5H,1-3H3/b5-4+. The average molecular weight is 98.0 g/mol. The topological polar surface area (TPSA) is 9.23 Å². The Morgan fingerprint density at radius 2 is 2.00 bits per heavy atom. The molecule has 7 heavy (non-hydrogen) atoms. The smallest absolute Gasteiger partial charge is 0.350 e. The second kappa shape index (κ2) is 3.78. The van der Waals surface area contributed by atoms with E-state index in [-0.39, 0.29) is 0 Å². The Balaban J connectivity index is 2.97. The lowest BCUT2D eigenvalue weighted by molar-refractivity contribution is 0.500. The predicted molar refractivity (Wildman–Crippen MR) is 33.4 cm³/mol. The SMILES string of the molecule is C/C=C/OB(C)C. The number of hydrogen-bond acceptors (Lipinski definition) is 1. The van der Waals surface area contributed by atoms with E-state index in [0.29, 0.717) is 6.92 Å². The molecule has 0 fully saturated rings. The van der Waals surface area contributed by atoms with E-state index in [2.05, 4.69) is 0 Å². The van der Waals surface area contributed by atoms with Gasteiger partial charge in [0.15, 0.2) is 0 Å². The highest BCUT2D eigenvalue weighted by Gasteiger charge is 1.92. The van der Waals surface area contributed by atoms with Gasteiger partial charge in [0.2, 0.25) is 0 Å². The van der Waals surface area contributed by atoms with Gasteiger partial charge < -0.3 is 4.65 Å². The van der Waals surface area contributed by atoms with Gasteiger partial charge >= 0.3 is 6.92 Å². The molecular formula is C5H11BO. The zero-order valence-electron chi connectivity index (χ0n) is 5.14. The van der Waals surface area contributed by atoms with Gasteiger partial charge in [-0.3, -0.25) is 0 Å². The van der Waals surface area contributed by atoms with E-state index in [0.717, 1.165) is 0 Å². The van der Waals surface area contributed by atoms with Crippen LogP contribution in [0, 0.1) is 0 Å². The second-order valence-corrected chi connectivity index (χ2v) is 1.65. The van der Waals surface area contributed by atoms with Crippen LogP contribution < -0.4 is 0 Å². The lowest BCUT2D eigenvalue weighted by atomic mass is 9.75. The van der Waals surface area contributed by atoms with Crippen LogP contribution in [-0.4, -0.2) is 6.92 Å². The maximum atomic E-state index is 5.01. The third kappa shape index (κ3) is 5.60. The zero-order valence-corrected chi connectivity index (χ0v) is 5.14. The molecule has 0 aromatic heterocycles. The van der Waals surface area contributed by atoms with Crippen LogP contribution in [0.5, 0.6) is 0 Å². The maximum absolute atomic E-state index is 5.01. The molecule has 0 amide bonds. The summed E-state index contributed by atoms with van der Waals surface area (Å²) in [5.74, 6) is 0. The quantitative estimate of drug-likeness (QED) is 0.377. The summed E-state index contributed by atoms with van der Waals surface area (Å²) in [4.78, 5) is 0. The Bertz CT molecular complexity index is 59.1. The molecule has 0 aliphatic carbocycles. The number of rotatable bonds is 2. The van der Waals surface area contributed by atoms with Crippen molar-refractivity contribution < 1.29 is 4.65 Å². The third-order valence-electron chi connectivity index (χ3n) is 0.487. The van der Waals surface area contributed by atoms with E-state index in [1.54, 1.807) is 6.26 Å². The van der Waals surface area contributed by atoms with E-state index in [4.69, 9.17) is 4.65 Å². The van der Waals surface area contributed by atoms with Gasteiger partial charge in [0.25, 0.3) is 0 Å². The fourth-order valence-electron chi connectivity index (χ4n) is 0.236. The minimum Gasteiger partial charge on any atom is -0.567 e. The van der Waals surface area contributed by atoms with Crippen LogP contribution in [0.3, 0.4) is 0 Å². The molecule has 0 N–H and O–H groups in total. The molecule has 0 spiro atoms. The van der Waals surface area contributed by atoms with Gasteiger partial charge in [-0.2, -0.15) is 0 Å². The predicted octanol–water partition coefficient (Wildman–Crippen LogP) is 1.79. The molecule has 0 aliphatic heterocycles. The van der Waals surface area contributed by atoms with Crippen molar-refractivity contribution in [1.29, 1.82) is 0 Å². The van der Waals surface area contributed by atoms with Crippen LogP contribution in [0.25, 0.3) is 0 Å². The highest BCUT2D eigenvalue weighted by Crippen LogP contribution is 1.82. The molecular weight excluding hydrogens is 86.9 g/mol. The molecule has 0 unspecified atom stereocenters. The molecule has 0 bridgehead atoms. The first-order chi connectivity index (χ1) is 3.27. The van der Waals surface area contributed by atoms with Gasteiger partial charge in [-0.05, 0) is 20.6 Å². The normalized spacial score (nSPS) is 9.57. The van der Waals surface area contributed by atoms with Gasteiger partial charge in [-0.15, -0.1) is 0 Å². The van der Waals surface area contributed by atoms with Gasteiger partial charge in [0, 0.05) is 0 Å². The van der Waals surface area contributed by atoms with Crippen molar-refractivity contribution in [1.82, 2.24) is 0 Å². The van der Waals surface area contributed by atoms with Gasteiger partial charge in [0.1, 0.15) is 0 Å². The first-order valence-electron chi connectivity index (χ1n) is 2.54. The first-order valence-corrected chi connectivity index (χ1v) is 2.54. The van der Waals surface area contributed by atoms with E-state index in [1.807, 2.05) is 26.6 Å². The second-order valence-electron chi connectivity index (χ2n) is 1.65. The summed E-state index contributed by atoms with van der Waals surface area (Å²) in [5, 5.41) is 0. The van der Waals surface area contributed by atoms with Crippen molar-refractivity contribution in [2.45, 2.75) is 20.6 Å². The van der Waals surface area contributed by atoms with Gasteiger partial charge in [-0.1, -0.05) is 6.08 Å². The molecule has 40 valence electrons. The third-order valence-corrected chi connectivity index (χ3v) is 0.487. The number of hydrogen-bond donors (Lipinski definition) is 0. The molecule has 0 radical (unpaired) electrons. The van der Waals surface area contributed by atoms with Crippen LogP contribution in [0.1, 0.15) is 6.92 Å². The molecule has 1 nitrogen and oxygen atoms in total. The van der Waals surface area contributed by atoms with E-state index in [9.17, 15) is 0 Å². The van der Waals surface area contributed by atoms with Crippen molar-refractivity contribution in [3.8, 4) is 0 Å². The lowest BCUT2D eigenvalue weighted by Gasteiger charge is -1.96. The number of allylic oxidation sites excluding steroid dienone is 1. The molecule has 0 aliphatic rings. The minimum atomic E-state index is 0.316. The lowest BCUT2D eigenvalue weighted by Crippen LogP contribution is -2.00. The first kappa shape index (κ1) is 6.60. The maximum Gasteiger partial charge on any atom is 0.350 e. The Kier molecular flexibility index (Phi) is 3.57. The Morgan fingerprint density at radius 3 is 2.14 bits per heavy atom. The fourth-order valence-corrected chi connectivity index (χ4v) is 0.236. The highest BCUT2D eigenvalue weighted by atomic mass is 16.4. The fraction of sp³-hybridized carbons (Fsp3) is 0.600. The largest absolute Gasteiger partial charge is 0.567 e. The molecule has 0 saturated carbocycles. The molecule has 0 aromatic carbocycles. The minimum absolute atomic E-state index is 0.316. The van der Waals surface area contributed by atoms with Gasteiger partial charge in [-0.25, -0.2) is 0 Å². The summed E-state index contributed by atoms with van der Waals surface area (Å²) >= 11 is 0. The molecule has 0 atom stereocenters. The Hall–Kier alpha value is -0.395. The van der Waals surface area contributed by atoms with E-state index in [1.165, 1.54) is 0 Å². The Labute approximate surface area is 45.5 Å². The van der Waals surface area contributed by atoms with Crippen LogP contribution in [0.15, 0.2) is 12.3 Å². The van der Waals surface area contributed by atoms with E-state index >= 15 is 0 Å². The van der Waals surface area contributed by atoms with Crippen molar-refractivity contribution in [2.75, 3.05) is 0 Å². The van der Waals surface area contributed by atoms with E-state index < -0.39 is 0 Å². The van der Waals surface area contributed by atoms with Crippen LogP contribution in [-0.2, 0) is 4.65 Å². The highest BCUT2D eigenvalue weighted by molar-refractivity contribution is 6.48. The zero-order chi connectivity index (χ0) is 5.70. The Morgan fingerprint density at radius 1 is 1.43 bits per heavy atom. The molecule has 0 rings (SSSR count). The summed E-state index contributed by atoms with van der Waals surface area (Å²) in [6.45, 7) is 6.25. The van der Waals surface area contributed by atoms with Crippen LogP contribution in [0.2, 0.25) is 13.6 Å². The average Bonchev–Trinajstić information content (AvgIpc) is 1.61. The monoisotopic (exact) mass is 98.1 g/mol. The van der Waals surface area contributed by atoms with Crippen molar-refractivity contribution >= 4 is 6.92 Å².